The topological polar surface area (TPSA) is 42.2 Å². The van der Waals surface area contributed by atoms with Gasteiger partial charge in [-0.05, 0) is 32.7 Å². The van der Waals surface area contributed by atoms with E-state index >= 15 is 0 Å². The number of aromatic nitrogens is 1. The second-order valence-corrected chi connectivity index (χ2v) is 7.01. The van der Waals surface area contributed by atoms with E-state index in [0.29, 0.717) is 12.0 Å². The largest absolute Gasteiger partial charge is 0.328 e. The molecule has 2 heterocycles. The van der Waals surface area contributed by atoms with Crippen molar-refractivity contribution in [3.05, 3.63) is 40.9 Å². The van der Waals surface area contributed by atoms with E-state index in [0.717, 1.165) is 24.6 Å². The van der Waals surface area contributed by atoms with Crippen LogP contribution in [0.3, 0.4) is 0 Å². The van der Waals surface area contributed by atoms with E-state index in [2.05, 4.69) is 48.4 Å². The van der Waals surface area contributed by atoms with E-state index in [9.17, 15) is 0 Å². The van der Waals surface area contributed by atoms with Crippen molar-refractivity contribution in [1.82, 2.24) is 9.88 Å². The first-order valence-electron chi connectivity index (χ1n) is 7.61. The normalized spacial score (nSPS) is 20.8. The van der Waals surface area contributed by atoms with Crippen molar-refractivity contribution in [1.29, 1.82) is 0 Å². The van der Waals surface area contributed by atoms with Crippen LogP contribution in [0.1, 0.15) is 24.6 Å². The lowest BCUT2D eigenvalue weighted by atomic mass is 10.0. The lowest BCUT2D eigenvalue weighted by Crippen LogP contribution is -2.29. The summed E-state index contributed by atoms with van der Waals surface area (Å²) in [6.45, 7) is 7.43. The van der Waals surface area contributed by atoms with Gasteiger partial charge in [0, 0.05) is 30.1 Å². The molecule has 1 fully saturated rings. The molecule has 0 saturated carbocycles. The first-order valence-corrected chi connectivity index (χ1v) is 8.49. The van der Waals surface area contributed by atoms with Gasteiger partial charge in [0.15, 0.2) is 0 Å². The number of likely N-dealkylation sites (tertiary alicyclic amines) is 1. The summed E-state index contributed by atoms with van der Waals surface area (Å²) in [6, 6.07) is 8.89. The van der Waals surface area contributed by atoms with Crippen LogP contribution in [0.25, 0.3) is 10.6 Å². The minimum absolute atomic E-state index is 0.300. The molecule has 4 heteroatoms. The highest BCUT2D eigenvalue weighted by molar-refractivity contribution is 7.13. The molecule has 1 saturated heterocycles. The number of nitrogens with two attached hydrogens (primary N) is 1. The fourth-order valence-electron chi connectivity index (χ4n) is 2.87. The van der Waals surface area contributed by atoms with Gasteiger partial charge in [0.2, 0.25) is 0 Å². The summed E-state index contributed by atoms with van der Waals surface area (Å²) in [6.07, 6.45) is 1.21. The zero-order valence-corrected chi connectivity index (χ0v) is 13.6. The first-order chi connectivity index (χ1) is 10.1. The molecule has 0 spiro atoms. The van der Waals surface area contributed by atoms with Crippen LogP contribution in [0, 0.1) is 12.8 Å². The second-order valence-electron chi connectivity index (χ2n) is 6.15. The second kappa shape index (κ2) is 6.26. The van der Waals surface area contributed by atoms with Gasteiger partial charge in [-0.2, -0.15) is 0 Å². The Morgan fingerprint density at radius 3 is 2.81 bits per heavy atom. The van der Waals surface area contributed by atoms with Crippen molar-refractivity contribution >= 4 is 11.3 Å². The molecule has 0 bridgehead atoms. The maximum absolute atomic E-state index is 6.01. The Hall–Kier alpha value is -1.23. The Kier molecular flexibility index (Phi) is 4.38. The van der Waals surface area contributed by atoms with Crippen LogP contribution in [0.15, 0.2) is 29.6 Å². The number of rotatable bonds is 4. The van der Waals surface area contributed by atoms with E-state index in [1.165, 1.54) is 23.2 Å². The quantitative estimate of drug-likeness (QED) is 0.942. The number of hydrogen-bond acceptors (Lipinski definition) is 4. The summed E-state index contributed by atoms with van der Waals surface area (Å²) in [5, 5.41) is 3.31. The summed E-state index contributed by atoms with van der Waals surface area (Å²) in [7, 11) is 0. The molecule has 1 aromatic heterocycles. The highest BCUT2D eigenvalue weighted by Gasteiger charge is 2.25. The van der Waals surface area contributed by atoms with Crippen molar-refractivity contribution in [3.8, 4) is 10.6 Å². The van der Waals surface area contributed by atoms with Crippen molar-refractivity contribution in [2.75, 3.05) is 13.1 Å². The van der Waals surface area contributed by atoms with Gasteiger partial charge in [0.1, 0.15) is 5.01 Å². The molecule has 1 aliphatic rings. The van der Waals surface area contributed by atoms with E-state index in [-0.39, 0.29) is 0 Å². The van der Waals surface area contributed by atoms with Gasteiger partial charge in [0.05, 0.1) is 5.69 Å². The van der Waals surface area contributed by atoms with Gasteiger partial charge in [-0.25, -0.2) is 4.98 Å². The Bertz CT molecular complexity index is 588. The van der Waals surface area contributed by atoms with E-state index < -0.39 is 0 Å². The molecule has 3 nitrogen and oxygen atoms in total. The van der Waals surface area contributed by atoms with Crippen molar-refractivity contribution in [3.63, 3.8) is 0 Å². The fourth-order valence-corrected chi connectivity index (χ4v) is 3.69. The predicted octanol–water partition coefficient (Wildman–Crippen LogP) is 3.29. The number of aryl methyl sites for hydroxylation is 1. The molecular weight excluding hydrogens is 278 g/mol. The molecule has 21 heavy (non-hydrogen) atoms. The maximum Gasteiger partial charge on any atom is 0.123 e. The van der Waals surface area contributed by atoms with E-state index in [4.69, 9.17) is 10.7 Å². The molecule has 2 N–H and O–H groups in total. The monoisotopic (exact) mass is 301 g/mol. The lowest BCUT2D eigenvalue weighted by Gasteiger charge is -2.16. The minimum Gasteiger partial charge on any atom is -0.328 e. The Morgan fingerprint density at radius 1 is 1.38 bits per heavy atom. The summed E-state index contributed by atoms with van der Waals surface area (Å²) in [5.74, 6) is 0.639. The molecule has 0 amide bonds. The average Bonchev–Trinajstić information content (AvgIpc) is 3.10. The van der Waals surface area contributed by atoms with Gasteiger partial charge in [-0.15, -0.1) is 11.3 Å². The van der Waals surface area contributed by atoms with Gasteiger partial charge in [0.25, 0.3) is 0 Å². The van der Waals surface area contributed by atoms with Crippen LogP contribution in [-0.2, 0) is 6.54 Å². The highest BCUT2D eigenvalue weighted by atomic mass is 32.1. The van der Waals surface area contributed by atoms with E-state index in [1.54, 1.807) is 11.3 Å². The van der Waals surface area contributed by atoms with Crippen LogP contribution < -0.4 is 5.73 Å². The molecule has 1 aliphatic heterocycles. The number of hydrogen-bond donors (Lipinski definition) is 1. The molecule has 2 aromatic rings. The third kappa shape index (κ3) is 3.51. The molecule has 2 unspecified atom stereocenters. The van der Waals surface area contributed by atoms with Crippen LogP contribution >= 0.6 is 11.3 Å². The molecule has 2 atom stereocenters. The predicted molar refractivity (Wildman–Crippen MR) is 89.3 cm³/mol. The van der Waals surface area contributed by atoms with Crippen LogP contribution in [0.2, 0.25) is 0 Å². The number of nitrogens with zero attached hydrogens (tertiary/aromatic N) is 2. The zero-order valence-electron chi connectivity index (χ0n) is 12.7. The van der Waals surface area contributed by atoms with E-state index in [1.807, 2.05) is 0 Å². The Morgan fingerprint density at radius 2 is 2.14 bits per heavy atom. The first kappa shape index (κ1) is 14.7. The molecule has 0 aliphatic carbocycles. The van der Waals surface area contributed by atoms with Crippen LogP contribution in [0.5, 0.6) is 0 Å². The Balaban J connectivity index is 1.64. The molecular formula is C17H23N3S. The fraction of sp³-hybridized carbons (Fsp3) is 0.471. The van der Waals surface area contributed by atoms with Crippen LogP contribution in [-0.4, -0.2) is 29.0 Å². The van der Waals surface area contributed by atoms with Crippen molar-refractivity contribution in [2.24, 2.45) is 11.7 Å². The van der Waals surface area contributed by atoms with Gasteiger partial charge in [-0.1, -0.05) is 29.8 Å². The third-order valence-electron chi connectivity index (χ3n) is 4.29. The molecule has 112 valence electrons. The average molecular weight is 301 g/mol. The van der Waals surface area contributed by atoms with Crippen molar-refractivity contribution in [2.45, 2.75) is 32.9 Å². The maximum atomic E-state index is 6.01. The third-order valence-corrected chi connectivity index (χ3v) is 5.23. The number of benzene rings is 1. The summed E-state index contributed by atoms with van der Waals surface area (Å²) in [4.78, 5) is 7.26. The summed E-state index contributed by atoms with van der Waals surface area (Å²) >= 11 is 1.74. The number of thiazole rings is 1. The van der Waals surface area contributed by atoms with Gasteiger partial charge >= 0.3 is 0 Å². The molecule has 3 rings (SSSR count). The summed E-state index contributed by atoms with van der Waals surface area (Å²) in [5.41, 5.74) is 9.69. The standard InChI is InChI=1S/C17H23N3S/c1-12-3-5-14(6-4-12)17-19-16(11-21-17)10-20-8-7-15(9-20)13(2)18/h3-6,11,13,15H,7-10,18H2,1-2H3. The molecule has 1 aromatic carbocycles. The lowest BCUT2D eigenvalue weighted by molar-refractivity contribution is 0.305. The van der Waals surface area contributed by atoms with Crippen LogP contribution in [0.4, 0.5) is 0 Å². The Labute approximate surface area is 130 Å². The van der Waals surface area contributed by atoms with Gasteiger partial charge < -0.3 is 5.73 Å². The summed E-state index contributed by atoms with van der Waals surface area (Å²) < 4.78 is 0. The SMILES string of the molecule is Cc1ccc(-c2nc(CN3CCC(C(C)N)C3)cs2)cc1. The smallest absolute Gasteiger partial charge is 0.123 e. The van der Waals surface area contributed by atoms with Crippen molar-refractivity contribution < 1.29 is 0 Å². The van der Waals surface area contributed by atoms with Gasteiger partial charge in [-0.3, -0.25) is 4.90 Å². The minimum atomic E-state index is 0.300. The highest BCUT2D eigenvalue weighted by Crippen LogP contribution is 2.26. The molecule has 0 radical (unpaired) electrons. The zero-order chi connectivity index (χ0) is 14.8.